The van der Waals surface area contributed by atoms with Crippen LogP contribution in [0.2, 0.25) is 0 Å². The van der Waals surface area contributed by atoms with Crippen LogP contribution >= 0.6 is 0 Å². The zero-order chi connectivity index (χ0) is 91.6. The van der Waals surface area contributed by atoms with E-state index in [0.29, 0.717) is 78.9 Å². The fourth-order valence-corrected chi connectivity index (χ4v) is 16.7. The van der Waals surface area contributed by atoms with Crippen molar-refractivity contribution in [2.75, 3.05) is 0 Å². The molecule has 0 radical (unpaired) electrons. The van der Waals surface area contributed by atoms with Crippen molar-refractivity contribution in [1.82, 2.24) is 28.2 Å². The SMILES string of the molecule is [2H]C([2H])([2H])[n+]1[c-]n(-c2[c-]c(Oc3[c-]c(-c4cc(C)c(-c5ccccc5)cn4)ccc3)ccc2)c2cccc(-c3c(-n4c5ccccc5c5ccccc54)cccc3-n3c4ccccc4c4ccccc43)c21.[2H]c1c([2H])c([2H])c(-c2cccc(-c3c([2H])c([2H])c([2H])c([2H])c3[2H])c2-[n+]2[c-]n(-c3[c-]c(Oc4[c-]c(-c5ccccn5)c5oc6ccccc6c5c4)ccc3)c3ccccc32)c([2H])c1[2H].[Pt].[Pt]. The fourth-order valence-electron chi connectivity index (χ4n) is 16.7. The molecule has 0 N–H and O–H groups in total. The van der Waals surface area contributed by atoms with Crippen molar-refractivity contribution in [3.63, 3.8) is 0 Å². The molecule has 0 aliphatic carbocycles. The van der Waals surface area contributed by atoms with Gasteiger partial charge in [0.15, 0.2) is 0 Å². The minimum absolute atomic E-state index is 0. The quantitative estimate of drug-likeness (QED) is 0.0754. The van der Waals surface area contributed by atoms with Crippen LogP contribution in [0.5, 0.6) is 23.0 Å². The third-order valence-corrected chi connectivity index (χ3v) is 21.9. The first-order valence-corrected chi connectivity index (χ1v) is 39.3. The van der Waals surface area contributed by atoms with Crippen molar-refractivity contribution in [3.8, 4) is 118 Å². The molecule has 16 aromatic carbocycles. The maximum Gasteiger partial charge on any atom is 0.268 e. The van der Waals surface area contributed by atoms with Crippen molar-refractivity contribution in [1.29, 1.82) is 0 Å². The van der Waals surface area contributed by atoms with E-state index in [4.69, 9.17) is 36.7 Å². The Labute approximate surface area is 756 Å². The summed E-state index contributed by atoms with van der Waals surface area (Å²) in [7, 11) is 0. The Morgan fingerprint density at radius 1 is 0.390 bits per heavy atom. The molecule has 23 rings (SSSR count). The number of pyridine rings is 2. The summed E-state index contributed by atoms with van der Waals surface area (Å²) in [4.78, 5) is 9.37. The van der Waals surface area contributed by atoms with Crippen molar-refractivity contribution < 1.29 is 83.0 Å². The monoisotopic (exact) mass is 1950 g/mol. The third kappa shape index (κ3) is 13.9. The van der Waals surface area contributed by atoms with Gasteiger partial charge in [-0.1, -0.05) is 302 Å². The maximum atomic E-state index is 9.05. The van der Waals surface area contributed by atoms with Gasteiger partial charge < -0.3 is 46.7 Å². The third-order valence-electron chi connectivity index (χ3n) is 21.9. The van der Waals surface area contributed by atoms with Crippen LogP contribution in [-0.2, 0) is 49.1 Å². The fraction of sp³-hybridized carbons (Fsp3) is 0.0182. The van der Waals surface area contributed by atoms with Gasteiger partial charge in [-0.3, -0.25) is 4.57 Å². The molecule has 7 aromatic heterocycles. The molecule has 7 heterocycles. The van der Waals surface area contributed by atoms with Gasteiger partial charge in [-0.2, -0.15) is 24.3 Å². The molecule has 23 aromatic rings. The second kappa shape index (κ2) is 32.7. The minimum Gasteiger partial charge on any atom is -0.504 e. The first-order chi connectivity index (χ1) is 65.2. The van der Waals surface area contributed by atoms with Crippen LogP contribution in [0, 0.1) is 43.8 Å². The summed E-state index contributed by atoms with van der Waals surface area (Å²) in [6, 6.07) is 111. The van der Waals surface area contributed by atoms with Crippen molar-refractivity contribution >= 4 is 87.6 Å². The largest absolute Gasteiger partial charge is 0.504 e. The predicted molar refractivity (Wildman–Crippen MR) is 484 cm³/mol. The van der Waals surface area contributed by atoms with E-state index in [-0.39, 0.29) is 70.1 Å². The average molecular weight is 1960 g/mol. The van der Waals surface area contributed by atoms with Crippen molar-refractivity contribution in [3.05, 3.63) is 431 Å². The van der Waals surface area contributed by atoms with Crippen molar-refractivity contribution in [2.24, 2.45) is 6.98 Å². The van der Waals surface area contributed by atoms with E-state index >= 15 is 0 Å². The summed E-state index contributed by atoms with van der Waals surface area (Å²) in [5.41, 5.74) is 18.4. The first kappa shape index (κ1) is 63.2. The molecule has 0 spiro atoms. The standard InChI is InChI=1S/C62H41N5O.C48H29N3O2.2Pt/c1-41-36-53(63-39-52(41)42-18-4-3-5-19-42)43-20-14-22-45(37-43)68-46-23-15-21-44(38-46)65-40-64(2)62-51(28-16-35-60(62)65)61-58(66-54-29-10-6-24-47(54)48-25-7-11-30-55(48)66)33-17-34-59(61)67-56-31-12-8-26-49(56)50-27-9-13-32-57(50)67;1-3-15-33(16-4-1)38-22-14-23-39(34-17-5-2-6-18-34)47(38)51-32-50(44-25-8-9-26-45(44)51)35-19-13-20-36(29-35)52-37-30-41-40-21-7-10-27-46(40)53-48(41)42(31-37)43-24-11-12-28-49-43;;/h3-36,39H,1-2H3;1-28,30H;;/q2*-2;;/i2D3;1D,2D,3D,4D,5D,6D,15D,16D,17D,18D;;. The number of aryl methyl sites for hydroxylation is 2. The second-order valence-corrected chi connectivity index (χ2v) is 29.1. The van der Waals surface area contributed by atoms with Crippen LogP contribution in [-0.4, -0.2) is 28.2 Å². The van der Waals surface area contributed by atoms with Crippen LogP contribution in [0.3, 0.4) is 0 Å². The van der Waals surface area contributed by atoms with E-state index in [2.05, 4.69) is 191 Å². The molecular weight excluding hydrogens is 1870 g/mol. The van der Waals surface area contributed by atoms with Gasteiger partial charge in [-0.25, -0.2) is 0 Å². The Balaban J connectivity index is 0.000000167. The topological polar surface area (TPSA) is 84.9 Å². The van der Waals surface area contributed by atoms with E-state index in [1.807, 2.05) is 140 Å². The number of rotatable bonds is 15. The summed E-state index contributed by atoms with van der Waals surface area (Å²) in [5, 5.41) is 6.20. The van der Waals surface area contributed by atoms with Gasteiger partial charge in [0.05, 0.1) is 91.6 Å². The molecule has 11 nitrogen and oxygen atoms in total. The van der Waals surface area contributed by atoms with E-state index in [1.54, 1.807) is 68.4 Å². The van der Waals surface area contributed by atoms with Gasteiger partial charge in [-0.05, 0) is 111 Å². The van der Waals surface area contributed by atoms with E-state index in [0.717, 1.165) is 105 Å². The number of para-hydroxylation sites is 9. The summed E-state index contributed by atoms with van der Waals surface area (Å²) >= 11 is 0. The van der Waals surface area contributed by atoms with Gasteiger partial charge in [0.2, 0.25) is 6.33 Å². The number of imidazole rings is 2. The van der Waals surface area contributed by atoms with Crippen LogP contribution in [0.1, 0.15) is 23.4 Å². The average Bonchev–Trinajstić information content (AvgIpc) is 1.55. The zero-order valence-electron chi connectivity index (χ0n) is 78.1. The van der Waals surface area contributed by atoms with Crippen LogP contribution in [0.15, 0.2) is 393 Å². The molecule has 0 saturated heterocycles. The first-order valence-electron chi connectivity index (χ1n) is 45.8. The normalized spacial score (nSPS) is 13.0. The molecule has 0 amide bonds. The van der Waals surface area contributed by atoms with Crippen LogP contribution in [0.25, 0.3) is 183 Å². The number of furan rings is 1. The number of aromatic nitrogens is 8. The molecule has 0 atom stereocenters. The van der Waals surface area contributed by atoms with Gasteiger partial charge in [0.25, 0.3) is 6.33 Å². The molecule has 592 valence electrons. The van der Waals surface area contributed by atoms with Crippen LogP contribution in [0.4, 0.5) is 0 Å². The number of hydrogen-bond acceptors (Lipinski definition) is 5. The Morgan fingerprint density at radius 2 is 0.894 bits per heavy atom. The van der Waals surface area contributed by atoms with E-state index in [9.17, 15) is 0 Å². The number of hydrogen-bond donors (Lipinski definition) is 0. The number of benzene rings is 16. The molecule has 13 heteroatoms. The molecule has 0 bridgehead atoms. The van der Waals surface area contributed by atoms with E-state index in [1.165, 1.54) is 4.57 Å². The molecule has 0 aliphatic heterocycles. The zero-order valence-corrected chi connectivity index (χ0v) is 69.7. The molecular formula is C110H70N8O3Pt2-4. The predicted octanol–water partition coefficient (Wildman–Crippen LogP) is 25.9. The summed E-state index contributed by atoms with van der Waals surface area (Å²) in [5.74, 6) is 1.63. The van der Waals surface area contributed by atoms with E-state index < -0.39 is 67.4 Å². The number of fused-ring (bicyclic) bond motifs is 11. The summed E-state index contributed by atoms with van der Waals surface area (Å²) in [6.45, 7) is -0.534. The Hall–Kier alpha value is -14.9. The Morgan fingerprint density at radius 3 is 1.50 bits per heavy atom. The van der Waals surface area contributed by atoms with Gasteiger partial charge in [-0.15, -0.1) is 48.0 Å². The Kier molecular flexibility index (Phi) is 16.8. The van der Waals surface area contributed by atoms with Gasteiger partial charge >= 0.3 is 0 Å². The minimum atomic E-state index is -2.62. The van der Waals surface area contributed by atoms with Crippen LogP contribution < -0.4 is 18.6 Å². The molecule has 0 unspecified atom stereocenters. The number of nitrogens with zero attached hydrogens (tertiary/aromatic N) is 8. The molecule has 0 aliphatic rings. The van der Waals surface area contributed by atoms with Gasteiger partial charge in [0, 0.05) is 116 Å². The number of ether oxygens (including phenoxy) is 2. The molecule has 0 fully saturated rings. The Bertz CT molecular complexity index is 8380. The molecule has 123 heavy (non-hydrogen) atoms. The molecule has 0 saturated carbocycles. The summed E-state index contributed by atoms with van der Waals surface area (Å²) < 4.78 is 144. The smallest absolute Gasteiger partial charge is 0.268 e. The summed E-state index contributed by atoms with van der Waals surface area (Å²) in [6.07, 6.45) is 10.3. The second-order valence-electron chi connectivity index (χ2n) is 29.1. The van der Waals surface area contributed by atoms with Gasteiger partial charge in [0.1, 0.15) is 5.58 Å². The maximum absolute atomic E-state index is 9.05. The van der Waals surface area contributed by atoms with Crippen molar-refractivity contribution in [2.45, 2.75) is 6.92 Å².